The molecule has 2 aromatic rings. The van der Waals surface area contributed by atoms with Crippen LogP contribution in [0.4, 0.5) is 11.4 Å². The summed E-state index contributed by atoms with van der Waals surface area (Å²) in [6.45, 7) is 2.68. The molecule has 2 rings (SSSR count). The van der Waals surface area contributed by atoms with Crippen molar-refractivity contribution in [3.05, 3.63) is 39.8 Å². The Morgan fingerprint density at radius 2 is 2.35 bits per heavy atom. The van der Waals surface area contributed by atoms with Gasteiger partial charge < -0.3 is 11.1 Å². The number of anilines is 2. The number of aryl methyl sites for hydroxylation is 1. The highest BCUT2D eigenvalue weighted by Crippen LogP contribution is 2.21. The van der Waals surface area contributed by atoms with Crippen LogP contribution in [0.15, 0.2) is 23.7 Å². The third-order valence-corrected chi connectivity index (χ3v) is 3.40. The normalized spacial score (nSPS) is 9.88. The number of nitrogens with two attached hydrogens (primary N) is 1. The first-order valence-electron chi connectivity index (χ1n) is 5.13. The van der Waals surface area contributed by atoms with Gasteiger partial charge in [-0.2, -0.15) is 5.26 Å². The molecule has 0 fully saturated rings. The molecule has 17 heavy (non-hydrogen) atoms. The van der Waals surface area contributed by atoms with Crippen LogP contribution in [0.3, 0.4) is 0 Å². The molecule has 0 radical (unpaired) electrons. The summed E-state index contributed by atoms with van der Waals surface area (Å²) in [5.41, 5.74) is 10.7. The van der Waals surface area contributed by atoms with Crippen LogP contribution in [0, 0.1) is 18.3 Å². The minimum Gasteiger partial charge on any atom is -0.397 e. The average molecular weight is 244 g/mol. The van der Waals surface area contributed by atoms with Crippen LogP contribution >= 0.6 is 11.3 Å². The molecular formula is C12H12N4S. The van der Waals surface area contributed by atoms with Crippen LogP contribution < -0.4 is 11.1 Å². The van der Waals surface area contributed by atoms with Crippen molar-refractivity contribution in [2.75, 3.05) is 11.1 Å². The zero-order valence-corrected chi connectivity index (χ0v) is 10.2. The molecule has 0 unspecified atom stereocenters. The Kier molecular flexibility index (Phi) is 3.26. The fraction of sp³-hybridized carbons (Fsp3) is 0.167. The maximum Gasteiger partial charge on any atom is 0.0992 e. The van der Waals surface area contributed by atoms with Crippen LogP contribution in [0.2, 0.25) is 0 Å². The molecule has 3 N–H and O–H groups in total. The van der Waals surface area contributed by atoms with E-state index in [1.807, 2.05) is 18.5 Å². The van der Waals surface area contributed by atoms with Crippen molar-refractivity contribution in [2.24, 2.45) is 0 Å². The minimum atomic E-state index is 0.571. The Morgan fingerprint density at radius 3 is 2.94 bits per heavy atom. The number of rotatable bonds is 3. The second-order valence-electron chi connectivity index (χ2n) is 3.63. The molecule has 1 heterocycles. The molecule has 0 aliphatic rings. The van der Waals surface area contributed by atoms with Crippen molar-refractivity contribution in [1.29, 1.82) is 5.26 Å². The number of benzene rings is 1. The van der Waals surface area contributed by atoms with E-state index in [0.717, 1.165) is 11.4 Å². The van der Waals surface area contributed by atoms with Gasteiger partial charge in [-0.05, 0) is 25.1 Å². The molecule has 4 nitrogen and oxygen atoms in total. The van der Waals surface area contributed by atoms with Crippen LogP contribution in [0.25, 0.3) is 0 Å². The van der Waals surface area contributed by atoms with Crippen molar-refractivity contribution in [1.82, 2.24) is 4.98 Å². The molecule has 5 heteroatoms. The van der Waals surface area contributed by atoms with E-state index in [2.05, 4.69) is 16.4 Å². The van der Waals surface area contributed by atoms with E-state index in [-0.39, 0.29) is 0 Å². The van der Waals surface area contributed by atoms with E-state index < -0.39 is 0 Å². The van der Waals surface area contributed by atoms with Gasteiger partial charge in [0.2, 0.25) is 0 Å². The van der Waals surface area contributed by atoms with Gasteiger partial charge in [0.15, 0.2) is 0 Å². The lowest BCUT2D eigenvalue weighted by Crippen LogP contribution is -2.02. The molecule has 0 aliphatic heterocycles. The average Bonchev–Trinajstić information content (AvgIpc) is 2.73. The first-order chi connectivity index (χ1) is 8.20. The molecule has 0 saturated heterocycles. The predicted octanol–water partition coefficient (Wildman–Crippen LogP) is 2.52. The van der Waals surface area contributed by atoms with Gasteiger partial charge in [0.1, 0.15) is 0 Å². The van der Waals surface area contributed by atoms with Gasteiger partial charge in [-0.15, -0.1) is 11.3 Å². The Bertz CT molecular complexity index is 568. The van der Waals surface area contributed by atoms with E-state index in [4.69, 9.17) is 11.0 Å². The summed E-state index contributed by atoms with van der Waals surface area (Å²) in [4.78, 5) is 5.37. The van der Waals surface area contributed by atoms with Gasteiger partial charge in [-0.3, -0.25) is 0 Å². The predicted molar refractivity (Wildman–Crippen MR) is 69.7 cm³/mol. The summed E-state index contributed by atoms with van der Waals surface area (Å²) in [7, 11) is 0. The Balaban J connectivity index is 2.10. The number of nitrogens with one attached hydrogen (secondary N) is 1. The molecule has 0 aliphatic carbocycles. The van der Waals surface area contributed by atoms with Gasteiger partial charge in [-0.25, -0.2) is 4.98 Å². The zero-order chi connectivity index (χ0) is 12.3. The summed E-state index contributed by atoms with van der Waals surface area (Å²) in [5.74, 6) is 0. The van der Waals surface area contributed by atoms with Gasteiger partial charge in [-0.1, -0.05) is 0 Å². The maximum atomic E-state index is 8.74. The summed E-state index contributed by atoms with van der Waals surface area (Å²) in [6, 6.07) is 7.30. The maximum absolute atomic E-state index is 8.74. The summed E-state index contributed by atoms with van der Waals surface area (Å²) < 4.78 is 0. The van der Waals surface area contributed by atoms with Crippen molar-refractivity contribution in [3.63, 3.8) is 0 Å². The van der Waals surface area contributed by atoms with E-state index in [9.17, 15) is 0 Å². The molecule has 1 aromatic carbocycles. The third kappa shape index (κ3) is 2.55. The Morgan fingerprint density at radius 1 is 1.53 bits per heavy atom. The molecule has 0 amide bonds. The monoisotopic (exact) mass is 244 g/mol. The number of thiazole rings is 1. The molecule has 0 saturated carbocycles. The Hall–Kier alpha value is -2.06. The highest BCUT2D eigenvalue weighted by Gasteiger charge is 2.03. The van der Waals surface area contributed by atoms with Crippen molar-refractivity contribution in [2.45, 2.75) is 13.5 Å². The number of hydrogen-bond acceptors (Lipinski definition) is 5. The number of hydrogen-bond donors (Lipinski definition) is 2. The van der Waals surface area contributed by atoms with Gasteiger partial charge in [0.05, 0.1) is 40.8 Å². The molecule has 86 valence electrons. The van der Waals surface area contributed by atoms with Crippen LogP contribution in [-0.2, 0) is 6.54 Å². The SMILES string of the molecule is Cc1ncsc1CNc1ccc(C#N)cc1N. The smallest absolute Gasteiger partial charge is 0.0992 e. The Labute approximate surface area is 104 Å². The third-order valence-electron chi connectivity index (χ3n) is 2.46. The van der Waals surface area contributed by atoms with Crippen molar-refractivity contribution >= 4 is 22.7 Å². The molecule has 0 atom stereocenters. The van der Waals surface area contributed by atoms with Crippen LogP contribution in [0.1, 0.15) is 16.1 Å². The van der Waals surface area contributed by atoms with Gasteiger partial charge >= 0.3 is 0 Å². The van der Waals surface area contributed by atoms with Gasteiger partial charge in [0, 0.05) is 4.88 Å². The largest absolute Gasteiger partial charge is 0.397 e. The van der Waals surface area contributed by atoms with Crippen molar-refractivity contribution in [3.8, 4) is 6.07 Å². The summed E-state index contributed by atoms with van der Waals surface area (Å²) in [6.07, 6.45) is 0. The molecule has 0 bridgehead atoms. The molecule has 0 spiro atoms. The fourth-order valence-corrected chi connectivity index (χ4v) is 2.18. The van der Waals surface area contributed by atoms with E-state index in [1.54, 1.807) is 23.5 Å². The molecule has 1 aromatic heterocycles. The highest BCUT2D eigenvalue weighted by molar-refractivity contribution is 7.09. The quantitative estimate of drug-likeness (QED) is 0.813. The summed E-state index contributed by atoms with van der Waals surface area (Å²) in [5, 5.41) is 12.0. The lowest BCUT2D eigenvalue weighted by molar-refractivity contribution is 1.12. The molecular weight excluding hydrogens is 232 g/mol. The summed E-state index contributed by atoms with van der Waals surface area (Å²) >= 11 is 1.62. The number of nitrogens with zero attached hydrogens (tertiary/aromatic N) is 2. The first-order valence-corrected chi connectivity index (χ1v) is 6.01. The standard InChI is InChI=1S/C12H12N4S/c1-8-12(17-7-16-8)6-15-11-3-2-9(5-13)4-10(11)14/h2-4,7,15H,6,14H2,1H3. The van der Waals surface area contributed by atoms with Crippen LogP contribution in [0.5, 0.6) is 0 Å². The van der Waals surface area contributed by atoms with Gasteiger partial charge in [0.25, 0.3) is 0 Å². The lowest BCUT2D eigenvalue weighted by Gasteiger charge is -2.08. The van der Waals surface area contributed by atoms with Crippen LogP contribution in [-0.4, -0.2) is 4.98 Å². The van der Waals surface area contributed by atoms with Crippen molar-refractivity contribution < 1.29 is 0 Å². The highest BCUT2D eigenvalue weighted by atomic mass is 32.1. The second-order valence-corrected chi connectivity index (χ2v) is 4.57. The number of aromatic nitrogens is 1. The topological polar surface area (TPSA) is 74.7 Å². The minimum absolute atomic E-state index is 0.571. The first kappa shape index (κ1) is 11.4. The van der Waals surface area contributed by atoms with E-state index in [1.165, 1.54) is 4.88 Å². The zero-order valence-electron chi connectivity index (χ0n) is 9.40. The number of nitriles is 1. The van der Waals surface area contributed by atoms with E-state index in [0.29, 0.717) is 17.8 Å². The van der Waals surface area contributed by atoms with E-state index >= 15 is 0 Å². The second kappa shape index (κ2) is 4.85. The lowest BCUT2D eigenvalue weighted by atomic mass is 10.2. The number of nitrogen functional groups attached to an aromatic ring is 1. The fourth-order valence-electron chi connectivity index (χ4n) is 1.46.